The van der Waals surface area contributed by atoms with Crippen LogP contribution in [0.25, 0.3) is 11.6 Å². The monoisotopic (exact) mass is 242 g/mol. The summed E-state index contributed by atoms with van der Waals surface area (Å²) in [5, 5.41) is 3.54. The summed E-state index contributed by atoms with van der Waals surface area (Å²) in [6, 6.07) is 3.37. The standard InChI is InChI=1S/C7H3BrN2O3/c8-5-2-1-4(12-5)7-9-6(3-11)13-10-7/h1-3H. The van der Waals surface area contributed by atoms with Crippen LogP contribution in [-0.4, -0.2) is 16.4 Å². The molecule has 0 radical (unpaired) electrons. The first-order valence-corrected chi connectivity index (χ1v) is 4.13. The molecule has 0 fully saturated rings. The van der Waals surface area contributed by atoms with Gasteiger partial charge in [-0.2, -0.15) is 4.98 Å². The van der Waals surface area contributed by atoms with Crippen LogP contribution in [0.3, 0.4) is 0 Å². The van der Waals surface area contributed by atoms with E-state index < -0.39 is 0 Å². The molecule has 0 amide bonds. The molecule has 5 nitrogen and oxygen atoms in total. The zero-order chi connectivity index (χ0) is 9.26. The maximum atomic E-state index is 10.2. The Morgan fingerprint density at radius 2 is 2.31 bits per heavy atom. The number of aldehydes is 1. The zero-order valence-electron chi connectivity index (χ0n) is 6.23. The van der Waals surface area contributed by atoms with Gasteiger partial charge in [-0.05, 0) is 28.1 Å². The zero-order valence-corrected chi connectivity index (χ0v) is 7.82. The quantitative estimate of drug-likeness (QED) is 0.753. The predicted molar refractivity (Wildman–Crippen MR) is 45.1 cm³/mol. The molecule has 0 unspecified atom stereocenters. The maximum absolute atomic E-state index is 10.2. The molecule has 0 aliphatic carbocycles. The number of nitrogens with zero attached hydrogens (tertiary/aromatic N) is 2. The largest absolute Gasteiger partial charge is 0.446 e. The SMILES string of the molecule is O=Cc1nc(-c2ccc(Br)o2)no1. The molecule has 66 valence electrons. The molecule has 2 rings (SSSR count). The number of rotatable bonds is 2. The molecule has 0 aliphatic heterocycles. The topological polar surface area (TPSA) is 69.1 Å². The smallest absolute Gasteiger partial charge is 0.291 e. The normalized spacial score (nSPS) is 10.2. The Morgan fingerprint density at radius 3 is 2.85 bits per heavy atom. The van der Waals surface area contributed by atoms with E-state index in [2.05, 4.69) is 30.6 Å². The van der Waals surface area contributed by atoms with Gasteiger partial charge in [-0.25, -0.2) is 0 Å². The van der Waals surface area contributed by atoms with E-state index in [1.807, 2.05) is 0 Å². The molecule has 2 heterocycles. The minimum atomic E-state index is -0.0671. The van der Waals surface area contributed by atoms with Crippen LogP contribution in [-0.2, 0) is 0 Å². The van der Waals surface area contributed by atoms with Gasteiger partial charge in [-0.15, -0.1) is 0 Å². The number of carbonyl (C=O) groups excluding carboxylic acids is 1. The maximum Gasteiger partial charge on any atom is 0.291 e. The van der Waals surface area contributed by atoms with Crippen molar-refractivity contribution >= 4 is 22.2 Å². The summed E-state index contributed by atoms with van der Waals surface area (Å²) in [5.41, 5.74) is 0. The van der Waals surface area contributed by atoms with Crippen molar-refractivity contribution in [2.24, 2.45) is 0 Å². The Hall–Kier alpha value is -1.43. The van der Waals surface area contributed by atoms with Gasteiger partial charge in [0, 0.05) is 0 Å². The Morgan fingerprint density at radius 1 is 1.46 bits per heavy atom. The summed E-state index contributed by atoms with van der Waals surface area (Å²) in [5.74, 6) is 0.638. The first kappa shape index (κ1) is 8.18. The number of furan rings is 1. The lowest BCUT2D eigenvalue weighted by atomic mass is 10.4. The van der Waals surface area contributed by atoms with E-state index >= 15 is 0 Å². The first-order valence-electron chi connectivity index (χ1n) is 3.34. The fourth-order valence-electron chi connectivity index (χ4n) is 0.818. The van der Waals surface area contributed by atoms with Crippen molar-refractivity contribution in [3.8, 4) is 11.6 Å². The molecule has 0 saturated heterocycles. The third-order valence-electron chi connectivity index (χ3n) is 1.34. The van der Waals surface area contributed by atoms with Gasteiger partial charge in [0.05, 0.1) is 0 Å². The summed E-state index contributed by atoms with van der Waals surface area (Å²) in [6.07, 6.45) is 0.481. The van der Waals surface area contributed by atoms with Gasteiger partial charge in [-0.1, -0.05) is 5.16 Å². The lowest BCUT2D eigenvalue weighted by Crippen LogP contribution is -1.78. The minimum Gasteiger partial charge on any atom is -0.446 e. The van der Waals surface area contributed by atoms with Crippen LogP contribution in [0.4, 0.5) is 0 Å². The average molecular weight is 243 g/mol. The minimum absolute atomic E-state index is 0.0671. The summed E-state index contributed by atoms with van der Waals surface area (Å²) < 4.78 is 10.3. The summed E-state index contributed by atoms with van der Waals surface area (Å²) in [4.78, 5) is 14.0. The highest BCUT2D eigenvalue weighted by molar-refractivity contribution is 9.10. The van der Waals surface area contributed by atoms with Gasteiger partial charge in [0.2, 0.25) is 12.1 Å². The second kappa shape index (κ2) is 3.14. The van der Waals surface area contributed by atoms with Gasteiger partial charge < -0.3 is 8.94 Å². The molecule has 0 N–H and O–H groups in total. The molecular formula is C7H3BrN2O3. The van der Waals surface area contributed by atoms with Crippen molar-refractivity contribution in [1.82, 2.24) is 10.1 Å². The average Bonchev–Trinajstić information content (AvgIpc) is 2.71. The van der Waals surface area contributed by atoms with Gasteiger partial charge >= 0.3 is 0 Å². The van der Waals surface area contributed by atoms with Crippen molar-refractivity contribution in [3.05, 3.63) is 22.7 Å². The summed E-state index contributed by atoms with van der Waals surface area (Å²) in [6.45, 7) is 0. The van der Waals surface area contributed by atoms with Crippen molar-refractivity contribution in [2.45, 2.75) is 0 Å². The van der Waals surface area contributed by atoms with Crippen molar-refractivity contribution in [2.75, 3.05) is 0 Å². The molecule has 0 aliphatic rings. The van der Waals surface area contributed by atoms with Crippen LogP contribution in [0.2, 0.25) is 0 Å². The molecule has 2 aromatic heterocycles. The van der Waals surface area contributed by atoms with E-state index in [9.17, 15) is 4.79 Å². The number of hydrogen-bond donors (Lipinski definition) is 0. The molecule has 13 heavy (non-hydrogen) atoms. The lowest BCUT2D eigenvalue weighted by Gasteiger charge is -1.82. The predicted octanol–water partition coefficient (Wildman–Crippen LogP) is 1.90. The first-order chi connectivity index (χ1) is 6.29. The molecular weight excluding hydrogens is 240 g/mol. The molecule has 0 aromatic carbocycles. The molecule has 0 bridgehead atoms. The lowest BCUT2D eigenvalue weighted by molar-refractivity contribution is 0.108. The third kappa shape index (κ3) is 1.52. The Labute approximate surface area is 80.9 Å². The van der Waals surface area contributed by atoms with Crippen molar-refractivity contribution < 1.29 is 13.7 Å². The van der Waals surface area contributed by atoms with E-state index in [1.165, 1.54) is 0 Å². The highest BCUT2D eigenvalue weighted by Crippen LogP contribution is 2.21. The van der Waals surface area contributed by atoms with Crippen LogP contribution >= 0.6 is 15.9 Å². The molecule has 2 aromatic rings. The second-order valence-electron chi connectivity index (χ2n) is 2.18. The Kier molecular flexibility index (Phi) is 1.97. The molecule has 0 spiro atoms. The summed E-state index contributed by atoms with van der Waals surface area (Å²) in [7, 11) is 0. The van der Waals surface area contributed by atoms with E-state index in [1.54, 1.807) is 12.1 Å². The van der Waals surface area contributed by atoms with E-state index in [-0.39, 0.29) is 11.7 Å². The van der Waals surface area contributed by atoms with E-state index in [4.69, 9.17) is 4.42 Å². The van der Waals surface area contributed by atoms with Crippen LogP contribution < -0.4 is 0 Å². The highest BCUT2D eigenvalue weighted by Gasteiger charge is 2.10. The molecule has 0 atom stereocenters. The van der Waals surface area contributed by atoms with Gasteiger partial charge in [-0.3, -0.25) is 4.79 Å². The highest BCUT2D eigenvalue weighted by atomic mass is 79.9. The van der Waals surface area contributed by atoms with Gasteiger partial charge in [0.1, 0.15) is 0 Å². The van der Waals surface area contributed by atoms with Crippen molar-refractivity contribution in [3.63, 3.8) is 0 Å². The Bertz CT molecular complexity index is 434. The molecule has 6 heteroatoms. The molecule has 0 saturated carbocycles. The van der Waals surface area contributed by atoms with E-state index in [0.717, 1.165) is 0 Å². The van der Waals surface area contributed by atoms with Crippen LogP contribution in [0.1, 0.15) is 10.7 Å². The third-order valence-corrected chi connectivity index (χ3v) is 1.76. The number of hydrogen-bond acceptors (Lipinski definition) is 5. The van der Waals surface area contributed by atoms with E-state index in [0.29, 0.717) is 16.7 Å². The van der Waals surface area contributed by atoms with Crippen molar-refractivity contribution in [1.29, 1.82) is 0 Å². The van der Waals surface area contributed by atoms with Gasteiger partial charge in [0.15, 0.2) is 10.4 Å². The number of carbonyl (C=O) groups is 1. The fraction of sp³-hybridized carbons (Fsp3) is 0. The Balaban J connectivity index is 2.40. The van der Waals surface area contributed by atoms with Crippen LogP contribution in [0.15, 0.2) is 25.7 Å². The second-order valence-corrected chi connectivity index (χ2v) is 2.96. The number of aromatic nitrogens is 2. The van der Waals surface area contributed by atoms with Crippen LogP contribution in [0, 0.1) is 0 Å². The number of halogens is 1. The fourth-order valence-corrected chi connectivity index (χ4v) is 1.12. The van der Waals surface area contributed by atoms with Crippen LogP contribution in [0.5, 0.6) is 0 Å². The van der Waals surface area contributed by atoms with Gasteiger partial charge in [0.25, 0.3) is 5.89 Å². The summed E-state index contributed by atoms with van der Waals surface area (Å²) >= 11 is 3.13.